The van der Waals surface area contributed by atoms with Gasteiger partial charge in [-0.25, -0.2) is 4.79 Å². The summed E-state index contributed by atoms with van der Waals surface area (Å²) in [4.78, 5) is 32.0. The monoisotopic (exact) mass is 448 g/mol. The molecule has 166 valence electrons. The highest BCUT2D eigenvalue weighted by atomic mass is 35.5. The van der Waals surface area contributed by atoms with Gasteiger partial charge < -0.3 is 24.6 Å². The Bertz CT molecular complexity index is 1190. The van der Waals surface area contributed by atoms with E-state index in [-0.39, 0.29) is 18.7 Å². The number of fused-ring (bicyclic) bond motifs is 1. The van der Waals surface area contributed by atoms with Crippen LogP contribution in [0, 0.1) is 0 Å². The fraction of sp³-hybridized carbons (Fsp3) is 0.450. The molecule has 0 amide bonds. The number of anilines is 1. The predicted molar refractivity (Wildman–Crippen MR) is 118 cm³/mol. The first-order valence-corrected chi connectivity index (χ1v) is 10.4. The molecule has 0 saturated carbocycles. The molecule has 0 bridgehead atoms. The Labute approximate surface area is 183 Å². The molecular weight excluding hydrogens is 424 g/mol. The van der Waals surface area contributed by atoms with Crippen molar-refractivity contribution >= 4 is 28.7 Å². The Balaban J connectivity index is 1.69. The van der Waals surface area contributed by atoms with Gasteiger partial charge in [-0.2, -0.15) is 4.98 Å². The SMILES string of the molecule is Cn1c(=O)c2c(nc(N3CCNCC3)n2C[C@H](O)COc2ccc(Cl)cc2)n(C)c1=O. The number of aliphatic hydroxyl groups excluding tert-OH is 1. The first-order valence-electron chi connectivity index (χ1n) is 10.0. The van der Waals surface area contributed by atoms with Crippen LogP contribution in [-0.2, 0) is 20.6 Å². The van der Waals surface area contributed by atoms with Crippen LogP contribution < -0.4 is 26.2 Å². The number of hydrogen-bond acceptors (Lipinski definition) is 7. The maximum absolute atomic E-state index is 12.9. The molecular formula is C20H25ClN6O4. The highest BCUT2D eigenvalue weighted by Gasteiger charge is 2.25. The number of halogens is 1. The first-order chi connectivity index (χ1) is 14.9. The van der Waals surface area contributed by atoms with Gasteiger partial charge in [0.25, 0.3) is 5.56 Å². The molecule has 0 unspecified atom stereocenters. The third-order valence-corrected chi connectivity index (χ3v) is 5.63. The molecule has 1 aliphatic heterocycles. The van der Waals surface area contributed by atoms with Gasteiger partial charge in [-0.3, -0.25) is 13.9 Å². The van der Waals surface area contributed by atoms with Crippen LogP contribution in [0.2, 0.25) is 5.02 Å². The van der Waals surface area contributed by atoms with Crippen LogP contribution in [0.1, 0.15) is 0 Å². The summed E-state index contributed by atoms with van der Waals surface area (Å²) in [6.07, 6.45) is -0.906. The van der Waals surface area contributed by atoms with Crippen molar-refractivity contribution in [2.45, 2.75) is 12.6 Å². The Kier molecular flexibility index (Phi) is 6.03. The summed E-state index contributed by atoms with van der Waals surface area (Å²) in [5.74, 6) is 1.14. The third kappa shape index (κ3) is 4.18. The highest BCUT2D eigenvalue weighted by Crippen LogP contribution is 2.21. The van der Waals surface area contributed by atoms with Gasteiger partial charge in [0, 0.05) is 45.3 Å². The zero-order valence-electron chi connectivity index (χ0n) is 17.4. The summed E-state index contributed by atoms with van der Waals surface area (Å²) in [5.41, 5.74) is -0.311. The Morgan fingerprint density at radius 3 is 2.52 bits per heavy atom. The molecule has 1 aromatic carbocycles. The molecule has 0 aliphatic carbocycles. The molecule has 3 aromatic rings. The molecule has 1 atom stereocenters. The maximum Gasteiger partial charge on any atom is 0.332 e. The molecule has 4 rings (SSSR count). The van der Waals surface area contributed by atoms with Gasteiger partial charge >= 0.3 is 5.69 Å². The predicted octanol–water partition coefficient (Wildman–Crippen LogP) is -0.0634. The Morgan fingerprint density at radius 1 is 1.16 bits per heavy atom. The average molecular weight is 449 g/mol. The van der Waals surface area contributed by atoms with E-state index in [1.54, 1.807) is 35.9 Å². The van der Waals surface area contributed by atoms with Crippen molar-refractivity contribution in [1.29, 1.82) is 0 Å². The van der Waals surface area contributed by atoms with E-state index in [0.717, 1.165) is 17.7 Å². The van der Waals surface area contributed by atoms with Crippen molar-refractivity contribution in [3.8, 4) is 5.75 Å². The van der Waals surface area contributed by atoms with E-state index in [1.165, 1.54) is 11.6 Å². The number of nitrogens with zero attached hydrogens (tertiary/aromatic N) is 5. The summed E-state index contributed by atoms with van der Waals surface area (Å²) >= 11 is 5.89. The zero-order chi connectivity index (χ0) is 22.1. The van der Waals surface area contributed by atoms with Crippen molar-refractivity contribution in [1.82, 2.24) is 24.0 Å². The smallest absolute Gasteiger partial charge is 0.332 e. The van der Waals surface area contributed by atoms with Gasteiger partial charge in [-0.15, -0.1) is 0 Å². The number of aromatic nitrogens is 4. The number of aliphatic hydroxyl groups is 1. The van der Waals surface area contributed by atoms with Gasteiger partial charge in [0.1, 0.15) is 18.5 Å². The van der Waals surface area contributed by atoms with Crippen LogP contribution in [0.15, 0.2) is 33.9 Å². The van der Waals surface area contributed by atoms with Crippen molar-refractivity contribution in [2.24, 2.45) is 14.1 Å². The second kappa shape index (κ2) is 8.74. The molecule has 2 N–H and O–H groups in total. The standard InChI is InChI=1S/C20H25ClN6O4/c1-24-17-16(18(29)25(2)20(24)30)27(19(23-17)26-9-7-22-8-10-26)11-14(28)12-31-15-5-3-13(21)4-6-15/h3-6,14,22,28H,7-12H2,1-2H3/t14-/m0/s1. The van der Waals surface area contributed by atoms with E-state index in [1.807, 2.05) is 4.90 Å². The number of piperazine rings is 1. The molecule has 0 spiro atoms. The second-order valence-electron chi connectivity index (χ2n) is 7.56. The first kappa shape index (κ1) is 21.4. The number of hydrogen-bond donors (Lipinski definition) is 2. The van der Waals surface area contributed by atoms with Gasteiger partial charge in [0.05, 0.1) is 6.54 Å². The minimum Gasteiger partial charge on any atom is -0.491 e. The molecule has 1 saturated heterocycles. The lowest BCUT2D eigenvalue weighted by Gasteiger charge is -2.29. The van der Waals surface area contributed by atoms with Crippen LogP contribution in [0.25, 0.3) is 11.2 Å². The normalized spacial score (nSPS) is 15.4. The lowest BCUT2D eigenvalue weighted by atomic mass is 10.3. The fourth-order valence-corrected chi connectivity index (χ4v) is 3.83. The topological polar surface area (TPSA) is 107 Å². The molecule has 11 heteroatoms. The van der Waals surface area contributed by atoms with Crippen LogP contribution >= 0.6 is 11.6 Å². The summed E-state index contributed by atoms with van der Waals surface area (Å²) in [6, 6.07) is 6.86. The lowest BCUT2D eigenvalue weighted by Crippen LogP contribution is -2.45. The van der Waals surface area contributed by atoms with Gasteiger partial charge in [0.2, 0.25) is 5.95 Å². The van der Waals surface area contributed by atoms with E-state index in [2.05, 4.69) is 10.3 Å². The highest BCUT2D eigenvalue weighted by molar-refractivity contribution is 6.30. The van der Waals surface area contributed by atoms with Crippen molar-refractivity contribution < 1.29 is 9.84 Å². The molecule has 0 radical (unpaired) electrons. The Hall–Kier alpha value is -2.82. The Morgan fingerprint density at radius 2 is 1.84 bits per heavy atom. The number of imidazole rings is 1. The quantitative estimate of drug-likeness (QED) is 0.544. The van der Waals surface area contributed by atoms with E-state index >= 15 is 0 Å². The summed E-state index contributed by atoms with van der Waals surface area (Å²) in [6.45, 7) is 3.08. The molecule has 2 aromatic heterocycles. The van der Waals surface area contributed by atoms with Gasteiger partial charge in [-0.05, 0) is 24.3 Å². The number of benzene rings is 1. The zero-order valence-corrected chi connectivity index (χ0v) is 18.2. The summed E-state index contributed by atoms with van der Waals surface area (Å²) in [7, 11) is 3.02. The summed E-state index contributed by atoms with van der Waals surface area (Å²) in [5, 5.41) is 14.6. The number of ether oxygens (including phenoxy) is 1. The van der Waals surface area contributed by atoms with Gasteiger partial charge in [0.15, 0.2) is 11.2 Å². The second-order valence-corrected chi connectivity index (χ2v) is 7.99. The molecule has 1 aliphatic rings. The number of aryl methyl sites for hydroxylation is 1. The number of nitrogens with one attached hydrogen (secondary N) is 1. The van der Waals surface area contributed by atoms with Crippen LogP contribution in [0.4, 0.5) is 5.95 Å². The molecule has 10 nitrogen and oxygen atoms in total. The number of rotatable bonds is 6. The maximum atomic E-state index is 12.9. The van der Waals surface area contributed by atoms with Crippen molar-refractivity contribution in [3.63, 3.8) is 0 Å². The minimum atomic E-state index is -0.906. The van der Waals surface area contributed by atoms with E-state index < -0.39 is 17.4 Å². The van der Waals surface area contributed by atoms with E-state index in [9.17, 15) is 14.7 Å². The van der Waals surface area contributed by atoms with E-state index in [4.69, 9.17) is 16.3 Å². The van der Waals surface area contributed by atoms with Crippen molar-refractivity contribution in [3.05, 3.63) is 50.1 Å². The van der Waals surface area contributed by atoms with Crippen LogP contribution in [-0.4, -0.2) is 62.7 Å². The largest absolute Gasteiger partial charge is 0.491 e. The van der Waals surface area contributed by atoms with Crippen molar-refractivity contribution in [2.75, 3.05) is 37.7 Å². The molecule has 3 heterocycles. The minimum absolute atomic E-state index is 0.0222. The molecule has 31 heavy (non-hydrogen) atoms. The van der Waals surface area contributed by atoms with E-state index in [0.29, 0.717) is 35.5 Å². The average Bonchev–Trinajstić information content (AvgIpc) is 3.15. The third-order valence-electron chi connectivity index (χ3n) is 5.38. The van der Waals surface area contributed by atoms with Crippen LogP contribution in [0.3, 0.4) is 0 Å². The van der Waals surface area contributed by atoms with Gasteiger partial charge in [-0.1, -0.05) is 11.6 Å². The fourth-order valence-electron chi connectivity index (χ4n) is 3.70. The lowest BCUT2D eigenvalue weighted by molar-refractivity contribution is 0.0936. The summed E-state index contributed by atoms with van der Waals surface area (Å²) < 4.78 is 9.76. The molecule has 1 fully saturated rings. The van der Waals surface area contributed by atoms with Crippen LogP contribution in [0.5, 0.6) is 5.75 Å².